The Morgan fingerprint density at radius 1 is 1.11 bits per heavy atom. The first-order valence-corrected chi connectivity index (χ1v) is 5.74. The van der Waals surface area contributed by atoms with Crippen LogP contribution < -0.4 is 16.6 Å². The van der Waals surface area contributed by atoms with E-state index >= 15 is 0 Å². The maximum Gasteiger partial charge on any atom is 0.326 e. The van der Waals surface area contributed by atoms with Crippen LogP contribution in [0.5, 0.6) is 0 Å². The van der Waals surface area contributed by atoms with E-state index < -0.39 is 17.2 Å². The van der Waals surface area contributed by atoms with Gasteiger partial charge in [-0.15, -0.1) is 0 Å². The van der Waals surface area contributed by atoms with Gasteiger partial charge >= 0.3 is 5.69 Å². The molecule has 1 heterocycles. The van der Waals surface area contributed by atoms with Crippen LogP contribution in [-0.4, -0.2) is 15.9 Å². The maximum atomic E-state index is 11.8. The molecule has 1 aromatic carbocycles. The number of amides is 1. The molecule has 0 unspecified atom stereocenters. The Bertz CT molecular complexity index is 659. The Morgan fingerprint density at radius 2 is 1.78 bits per heavy atom. The van der Waals surface area contributed by atoms with Crippen LogP contribution in [-0.2, 0) is 0 Å². The maximum absolute atomic E-state index is 11.8. The predicted octanol–water partition coefficient (Wildman–Crippen LogP) is 1.08. The van der Waals surface area contributed by atoms with Crippen LogP contribution in [0.4, 0.5) is 5.69 Å². The molecule has 7 heteroatoms. The molecule has 1 aromatic heterocycles. The van der Waals surface area contributed by atoms with Gasteiger partial charge in [0.15, 0.2) is 0 Å². The topological polar surface area (TPSA) is 94.8 Å². The van der Waals surface area contributed by atoms with Gasteiger partial charge in [-0.3, -0.25) is 14.6 Å². The Hall–Kier alpha value is -2.15. The van der Waals surface area contributed by atoms with Crippen molar-refractivity contribution in [1.29, 1.82) is 0 Å². The molecule has 0 aliphatic heterocycles. The molecule has 0 aliphatic carbocycles. The summed E-state index contributed by atoms with van der Waals surface area (Å²) in [6, 6.07) is 7.92. The summed E-state index contributed by atoms with van der Waals surface area (Å²) in [7, 11) is 0. The molecule has 6 nitrogen and oxygen atoms in total. The van der Waals surface area contributed by atoms with Crippen LogP contribution in [0.25, 0.3) is 0 Å². The fraction of sp³-hybridized carbons (Fsp3) is 0. The molecule has 0 radical (unpaired) electrons. The van der Waals surface area contributed by atoms with Crippen molar-refractivity contribution in [1.82, 2.24) is 9.97 Å². The molecule has 2 aromatic rings. The molecule has 0 spiro atoms. The van der Waals surface area contributed by atoms with Gasteiger partial charge in [0.05, 0.1) is 0 Å². The minimum Gasteiger partial charge on any atom is -0.321 e. The summed E-state index contributed by atoms with van der Waals surface area (Å²) < 4.78 is 0.880. The van der Waals surface area contributed by atoms with E-state index in [0.717, 1.165) is 10.5 Å². The molecule has 92 valence electrons. The average Bonchev–Trinajstić information content (AvgIpc) is 2.31. The Morgan fingerprint density at radius 3 is 2.39 bits per heavy atom. The number of carbonyl (C=O) groups excluding carboxylic acids is 1. The SMILES string of the molecule is O=C(Nc1ccc(Br)cc1)c1cc(=O)[nH]c(=O)[nH]1. The summed E-state index contributed by atoms with van der Waals surface area (Å²) in [4.78, 5) is 38.1. The van der Waals surface area contributed by atoms with Gasteiger partial charge in [0.2, 0.25) is 0 Å². The monoisotopic (exact) mass is 309 g/mol. The van der Waals surface area contributed by atoms with E-state index in [-0.39, 0.29) is 5.69 Å². The average molecular weight is 310 g/mol. The molecule has 18 heavy (non-hydrogen) atoms. The van der Waals surface area contributed by atoms with Crippen LogP contribution in [0.1, 0.15) is 10.5 Å². The summed E-state index contributed by atoms with van der Waals surface area (Å²) in [6.45, 7) is 0. The molecule has 2 rings (SSSR count). The summed E-state index contributed by atoms with van der Waals surface area (Å²) in [5.41, 5.74) is -0.876. The number of halogens is 1. The number of hydrogen-bond acceptors (Lipinski definition) is 3. The van der Waals surface area contributed by atoms with Gasteiger partial charge in [-0.25, -0.2) is 4.79 Å². The third kappa shape index (κ3) is 2.95. The normalized spacial score (nSPS) is 10.1. The Labute approximate surface area is 109 Å². The van der Waals surface area contributed by atoms with Gasteiger partial charge in [-0.1, -0.05) is 15.9 Å². The third-order valence-electron chi connectivity index (χ3n) is 2.11. The second kappa shape index (κ2) is 5.01. The van der Waals surface area contributed by atoms with Crippen molar-refractivity contribution in [3.05, 3.63) is 61.3 Å². The lowest BCUT2D eigenvalue weighted by molar-refractivity contribution is 0.102. The predicted molar refractivity (Wildman–Crippen MR) is 69.8 cm³/mol. The van der Waals surface area contributed by atoms with E-state index in [9.17, 15) is 14.4 Å². The minimum atomic E-state index is -0.719. The largest absolute Gasteiger partial charge is 0.326 e. The molecule has 0 aliphatic rings. The fourth-order valence-corrected chi connectivity index (χ4v) is 1.59. The quantitative estimate of drug-likeness (QED) is 0.774. The molecule has 1 amide bonds. The third-order valence-corrected chi connectivity index (χ3v) is 2.64. The van der Waals surface area contributed by atoms with E-state index in [1.165, 1.54) is 0 Å². The molecular formula is C11H8BrN3O3. The summed E-state index contributed by atoms with van der Waals surface area (Å²) in [5.74, 6) is -0.555. The number of aromatic nitrogens is 2. The van der Waals surface area contributed by atoms with Crippen LogP contribution in [0.2, 0.25) is 0 Å². The standard InChI is InChI=1S/C11H8BrN3O3/c12-6-1-3-7(4-2-6)13-10(17)8-5-9(16)15-11(18)14-8/h1-5H,(H,13,17)(H2,14,15,16,18). The smallest absolute Gasteiger partial charge is 0.321 e. The van der Waals surface area contributed by atoms with Gasteiger partial charge in [0.1, 0.15) is 5.69 Å². The van der Waals surface area contributed by atoms with Crippen molar-refractivity contribution in [2.75, 3.05) is 5.32 Å². The molecule has 0 saturated heterocycles. The number of H-pyrrole nitrogens is 2. The van der Waals surface area contributed by atoms with Crippen LogP contribution in [0, 0.1) is 0 Å². The zero-order valence-electron chi connectivity index (χ0n) is 8.99. The van der Waals surface area contributed by atoms with Gasteiger partial charge in [0.25, 0.3) is 11.5 Å². The lowest BCUT2D eigenvalue weighted by Gasteiger charge is -2.04. The zero-order chi connectivity index (χ0) is 13.1. The van der Waals surface area contributed by atoms with Crippen molar-refractivity contribution in [3.63, 3.8) is 0 Å². The van der Waals surface area contributed by atoms with E-state index in [2.05, 4.69) is 26.2 Å². The minimum absolute atomic E-state index is 0.0910. The lowest BCUT2D eigenvalue weighted by atomic mass is 10.3. The summed E-state index contributed by atoms with van der Waals surface area (Å²) in [6.07, 6.45) is 0. The number of nitrogens with one attached hydrogen (secondary N) is 3. The van der Waals surface area contributed by atoms with Gasteiger partial charge in [-0.05, 0) is 24.3 Å². The number of carbonyl (C=O) groups is 1. The molecule has 0 saturated carbocycles. The fourth-order valence-electron chi connectivity index (χ4n) is 1.32. The molecular weight excluding hydrogens is 302 g/mol. The highest BCUT2D eigenvalue weighted by atomic mass is 79.9. The van der Waals surface area contributed by atoms with Gasteiger partial charge in [0, 0.05) is 16.2 Å². The number of rotatable bonds is 2. The zero-order valence-corrected chi connectivity index (χ0v) is 10.6. The molecule has 0 atom stereocenters. The van der Waals surface area contributed by atoms with E-state index in [1.807, 2.05) is 4.98 Å². The number of hydrogen-bond donors (Lipinski definition) is 3. The first kappa shape index (κ1) is 12.3. The number of anilines is 1. The van der Waals surface area contributed by atoms with Crippen molar-refractivity contribution in [2.45, 2.75) is 0 Å². The van der Waals surface area contributed by atoms with E-state index in [0.29, 0.717) is 5.69 Å². The number of benzene rings is 1. The number of aromatic amines is 2. The lowest BCUT2D eigenvalue weighted by Crippen LogP contribution is -2.27. The highest BCUT2D eigenvalue weighted by Crippen LogP contribution is 2.14. The first-order chi connectivity index (χ1) is 8.54. The van der Waals surface area contributed by atoms with Crippen LogP contribution >= 0.6 is 15.9 Å². The highest BCUT2D eigenvalue weighted by molar-refractivity contribution is 9.10. The first-order valence-electron chi connectivity index (χ1n) is 4.95. The Balaban J connectivity index is 2.24. The summed E-state index contributed by atoms with van der Waals surface area (Å²) >= 11 is 3.27. The van der Waals surface area contributed by atoms with Crippen LogP contribution in [0.15, 0.2) is 44.4 Å². The molecule has 0 fully saturated rings. The van der Waals surface area contributed by atoms with Crippen molar-refractivity contribution >= 4 is 27.5 Å². The molecule has 3 N–H and O–H groups in total. The van der Waals surface area contributed by atoms with Gasteiger partial charge < -0.3 is 10.3 Å². The van der Waals surface area contributed by atoms with Crippen molar-refractivity contribution < 1.29 is 4.79 Å². The Kier molecular flexibility index (Phi) is 3.42. The second-order valence-electron chi connectivity index (χ2n) is 3.46. The van der Waals surface area contributed by atoms with Crippen LogP contribution in [0.3, 0.4) is 0 Å². The summed E-state index contributed by atoms with van der Waals surface area (Å²) in [5, 5.41) is 2.56. The molecule has 0 bridgehead atoms. The second-order valence-corrected chi connectivity index (χ2v) is 4.38. The highest BCUT2D eigenvalue weighted by Gasteiger charge is 2.08. The van der Waals surface area contributed by atoms with Gasteiger partial charge in [-0.2, -0.15) is 0 Å². The van der Waals surface area contributed by atoms with E-state index in [1.54, 1.807) is 24.3 Å². The van der Waals surface area contributed by atoms with E-state index in [4.69, 9.17) is 0 Å². The van der Waals surface area contributed by atoms with Crippen molar-refractivity contribution in [3.8, 4) is 0 Å². The van der Waals surface area contributed by atoms with Crippen molar-refractivity contribution in [2.24, 2.45) is 0 Å².